The van der Waals surface area contributed by atoms with Gasteiger partial charge in [0, 0.05) is 49.3 Å². The Bertz CT molecular complexity index is 814. The molecule has 1 aromatic carbocycles. The summed E-state index contributed by atoms with van der Waals surface area (Å²) in [7, 11) is 3.89. The highest BCUT2D eigenvalue weighted by molar-refractivity contribution is 6.04. The second-order valence-corrected chi connectivity index (χ2v) is 7.18. The topological polar surface area (TPSA) is 77.6 Å². The number of amides is 2. The van der Waals surface area contributed by atoms with Crippen LogP contribution in [0.25, 0.3) is 0 Å². The Morgan fingerprint density at radius 2 is 1.79 bits per heavy atom. The predicted octanol–water partition coefficient (Wildman–Crippen LogP) is 2.23. The molecule has 3 rings (SSSR count). The number of anilines is 2. The van der Waals surface area contributed by atoms with Crippen molar-refractivity contribution in [1.82, 2.24) is 15.2 Å². The van der Waals surface area contributed by atoms with Gasteiger partial charge in [-0.3, -0.25) is 14.6 Å². The minimum atomic E-state index is -0.336. The molecule has 2 amide bonds. The zero-order chi connectivity index (χ0) is 19.9. The largest absolute Gasteiger partial charge is 0.372 e. The number of hydrogen-bond donors (Lipinski definition) is 2. The fourth-order valence-corrected chi connectivity index (χ4v) is 3.12. The molecule has 1 fully saturated rings. The Kier molecular flexibility index (Phi) is 6.60. The van der Waals surface area contributed by atoms with Crippen LogP contribution in [0.15, 0.2) is 42.6 Å². The molecule has 148 valence electrons. The van der Waals surface area contributed by atoms with Crippen LogP contribution in [0.2, 0.25) is 0 Å². The number of rotatable bonds is 7. The Labute approximate surface area is 165 Å². The van der Waals surface area contributed by atoms with Gasteiger partial charge in [0.2, 0.25) is 0 Å². The Balaban J connectivity index is 1.60. The average Bonchev–Trinajstić information content (AvgIpc) is 3.23. The average molecular weight is 381 g/mol. The standard InChI is InChI=1S/C21H27N5O2/c1-25(2)14-11-23-20(27)16-9-10-22-19(15-16)21(28)24-17-5-7-18(8-6-17)26-12-3-4-13-26/h5-10,15H,3-4,11-14H2,1-2H3,(H,23,27)(H,24,28). The maximum Gasteiger partial charge on any atom is 0.274 e. The monoisotopic (exact) mass is 381 g/mol. The lowest BCUT2D eigenvalue weighted by atomic mass is 10.2. The normalized spacial score (nSPS) is 13.6. The first-order valence-corrected chi connectivity index (χ1v) is 9.58. The summed E-state index contributed by atoms with van der Waals surface area (Å²) in [5.74, 6) is -0.551. The summed E-state index contributed by atoms with van der Waals surface area (Å²) in [5, 5.41) is 5.68. The highest BCUT2D eigenvalue weighted by atomic mass is 16.2. The number of hydrogen-bond acceptors (Lipinski definition) is 5. The number of benzene rings is 1. The van der Waals surface area contributed by atoms with Gasteiger partial charge in [-0.1, -0.05) is 0 Å². The molecule has 7 heteroatoms. The van der Waals surface area contributed by atoms with Crippen molar-refractivity contribution in [3.05, 3.63) is 53.9 Å². The predicted molar refractivity (Wildman–Crippen MR) is 111 cm³/mol. The van der Waals surface area contributed by atoms with Crippen LogP contribution in [0.4, 0.5) is 11.4 Å². The van der Waals surface area contributed by atoms with Gasteiger partial charge < -0.3 is 20.4 Å². The number of likely N-dealkylation sites (N-methyl/N-ethyl adjacent to an activating group) is 1. The molecule has 1 aliphatic heterocycles. The van der Waals surface area contributed by atoms with Crippen molar-refractivity contribution in [2.45, 2.75) is 12.8 Å². The van der Waals surface area contributed by atoms with Gasteiger partial charge in [0.05, 0.1) is 0 Å². The number of nitrogens with zero attached hydrogens (tertiary/aromatic N) is 3. The summed E-state index contributed by atoms with van der Waals surface area (Å²) in [5.41, 5.74) is 2.51. The maximum atomic E-state index is 12.5. The van der Waals surface area contributed by atoms with Gasteiger partial charge in [0.25, 0.3) is 11.8 Å². The van der Waals surface area contributed by atoms with Crippen molar-refractivity contribution < 1.29 is 9.59 Å². The van der Waals surface area contributed by atoms with Gasteiger partial charge in [-0.15, -0.1) is 0 Å². The zero-order valence-electron chi connectivity index (χ0n) is 16.4. The number of aromatic nitrogens is 1. The summed E-state index contributed by atoms with van der Waals surface area (Å²) < 4.78 is 0. The molecule has 0 saturated carbocycles. The minimum Gasteiger partial charge on any atom is -0.372 e. The van der Waals surface area contributed by atoms with E-state index in [4.69, 9.17) is 0 Å². The Hall–Kier alpha value is -2.93. The van der Waals surface area contributed by atoms with E-state index in [1.165, 1.54) is 30.8 Å². The van der Waals surface area contributed by atoms with Crippen LogP contribution in [0.5, 0.6) is 0 Å². The van der Waals surface area contributed by atoms with Gasteiger partial charge in [0.15, 0.2) is 0 Å². The van der Waals surface area contributed by atoms with E-state index in [1.807, 2.05) is 43.3 Å². The van der Waals surface area contributed by atoms with E-state index < -0.39 is 0 Å². The fraction of sp³-hybridized carbons (Fsp3) is 0.381. The highest BCUT2D eigenvalue weighted by Crippen LogP contribution is 2.22. The van der Waals surface area contributed by atoms with E-state index in [0.717, 1.165) is 19.6 Å². The van der Waals surface area contributed by atoms with Crippen LogP contribution in [-0.4, -0.2) is 62.0 Å². The van der Waals surface area contributed by atoms with E-state index >= 15 is 0 Å². The summed E-state index contributed by atoms with van der Waals surface area (Å²) in [6, 6.07) is 10.9. The molecule has 2 N–H and O–H groups in total. The minimum absolute atomic E-state index is 0.212. The van der Waals surface area contributed by atoms with Crippen LogP contribution in [0.3, 0.4) is 0 Å². The fourth-order valence-electron chi connectivity index (χ4n) is 3.12. The molecule has 1 aliphatic rings. The first-order valence-electron chi connectivity index (χ1n) is 9.58. The van der Waals surface area contributed by atoms with Crippen molar-refractivity contribution in [3.63, 3.8) is 0 Å². The lowest BCUT2D eigenvalue weighted by Gasteiger charge is -2.17. The van der Waals surface area contributed by atoms with E-state index in [9.17, 15) is 9.59 Å². The van der Waals surface area contributed by atoms with Gasteiger partial charge in [0.1, 0.15) is 5.69 Å². The Morgan fingerprint density at radius 1 is 1.07 bits per heavy atom. The number of pyridine rings is 1. The molecule has 0 spiro atoms. The molecule has 1 aromatic heterocycles. The molecule has 0 radical (unpaired) electrons. The van der Waals surface area contributed by atoms with Crippen LogP contribution in [0, 0.1) is 0 Å². The molecule has 0 atom stereocenters. The van der Waals surface area contributed by atoms with E-state index in [0.29, 0.717) is 17.8 Å². The van der Waals surface area contributed by atoms with E-state index in [-0.39, 0.29) is 17.5 Å². The molecule has 0 unspecified atom stereocenters. The van der Waals surface area contributed by atoms with Crippen molar-refractivity contribution in [2.75, 3.05) is 50.5 Å². The highest BCUT2D eigenvalue weighted by Gasteiger charge is 2.14. The van der Waals surface area contributed by atoms with Gasteiger partial charge in [-0.05, 0) is 63.3 Å². The second-order valence-electron chi connectivity index (χ2n) is 7.18. The van der Waals surface area contributed by atoms with Crippen molar-refractivity contribution in [3.8, 4) is 0 Å². The van der Waals surface area contributed by atoms with Crippen LogP contribution in [-0.2, 0) is 0 Å². The van der Waals surface area contributed by atoms with Crippen molar-refractivity contribution in [2.24, 2.45) is 0 Å². The lowest BCUT2D eigenvalue weighted by molar-refractivity contribution is 0.0951. The van der Waals surface area contributed by atoms with Crippen molar-refractivity contribution in [1.29, 1.82) is 0 Å². The molecule has 28 heavy (non-hydrogen) atoms. The molecular formula is C21H27N5O2. The molecule has 0 bridgehead atoms. The number of carbonyl (C=O) groups excluding carboxylic acids is 2. The molecule has 2 aromatic rings. The molecule has 1 saturated heterocycles. The zero-order valence-corrected chi connectivity index (χ0v) is 16.4. The second kappa shape index (κ2) is 9.32. The molecule has 7 nitrogen and oxygen atoms in total. The van der Waals surface area contributed by atoms with Gasteiger partial charge >= 0.3 is 0 Å². The number of nitrogens with one attached hydrogen (secondary N) is 2. The first-order chi connectivity index (χ1) is 13.5. The van der Waals surface area contributed by atoms with Gasteiger partial charge in [-0.25, -0.2) is 0 Å². The smallest absolute Gasteiger partial charge is 0.274 e. The quantitative estimate of drug-likeness (QED) is 0.769. The third-order valence-electron chi connectivity index (χ3n) is 4.70. The maximum absolute atomic E-state index is 12.5. The first kappa shape index (κ1) is 19.8. The van der Waals surface area contributed by atoms with E-state index in [1.54, 1.807) is 6.07 Å². The third-order valence-corrected chi connectivity index (χ3v) is 4.70. The van der Waals surface area contributed by atoms with Gasteiger partial charge in [-0.2, -0.15) is 0 Å². The molecule has 0 aliphatic carbocycles. The van der Waals surface area contributed by atoms with Crippen molar-refractivity contribution >= 4 is 23.2 Å². The SMILES string of the molecule is CN(C)CCNC(=O)c1ccnc(C(=O)Nc2ccc(N3CCCC3)cc2)c1. The Morgan fingerprint density at radius 3 is 2.46 bits per heavy atom. The summed E-state index contributed by atoms with van der Waals surface area (Å²) in [4.78, 5) is 33.2. The molecular weight excluding hydrogens is 354 g/mol. The van der Waals surface area contributed by atoms with E-state index in [2.05, 4.69) is 20.5 Å². The van der Waals surface area contributed by atoms with Crippen LogP contribution in [0.1, 0.15) is 33.7 Å². The summed E-state index contributed by atoms with van der Waals surface area (Å²) >= 11 is 0. The lowest BCUT2D eigenvalue weighted by Crippen LogP contribution is -2.31. The van der Waals surface area contributed by atoms with Crippen LogP contribution < -0.4 is 15.5 Å². The summed E-state index contributed by atoms with van der Waals surface area (Å²) in [6.07, 6.45) is 3.93. The summed E-state index contributed by atoms with van der Waals surface area (Å²) in [6.45, 7) is 3.45. The number of carbonyl (C=O) groups is 2. The van der Waals surface area contributed by atoms with Crippen LogP contribution >= 0.6 is 0 Å². The third kappa shape index (κ3) is 5.29. The molecule has 2 heterocycles.